The fourth-order valence-electron chi connectivity index (χ4n) is 4.24. The highest BCUT2D eigenvalue weighted by Crippen LogP contribution is 2.32. The molecule has 28 heavy (non-hydrogen) atoms. The van der Waals surface area contributed by atoms with Gasteiger partial charge in [0, 0.05) is 57.8 Å². The highest BCUT2D eigenvalue weighted by Gasteiger charge is 2.40. The summed E-state index contributed by atoms with van der Waals surface area (Å²) in [4.78, 5) is 11.7. The van der Waals surface area contributed by atoms with Crippen molar-refractivity contribution in [2.24, 2.45) is 0 Å². The Labute approximate surface area is 165 Å². The van der Waals surface area contributed by atoms with Crippen LogP contribution in [0.3, 0.4) is 0 Å². The van der Waals surface area contributed by atoms with Crippen LogP contribution in [0.15, 0.2) is 36.5 Å². The number of piperazine rings is 1. The van der Waals surface area contributed by atoms with E-state index in [4.69, 9.17) is 14.5 Å². The third-order valence-electron chi connectivity index (χ3n) is 5.88. The second-order valence-corrected chi connectivity index (χ2v) is 7.52. The lowest BCUT2D eigenvalue weighted by atomic mass is 10.0. The van der Waals surface area contributed by atoms with Gasteiger partial charge in [0.1, 0.15) is 0 Å². The molecule has 3 aliphatic rings. The van der Waals surface area contributed by atoms with Crippen molar-refractivity contribution >= 4 is 17.5 Å². The molecular weight excluding hydrogens is 356 g/mol. The molecule has 1 spiro atoms. The van der Waals surface area contributed by atoms with Crippen LogP contribution in [-0.4, -0.2) is 73.5 Å². The molecule has 5 rings (SSSR count). The molecule has 0 saturated carbocycles. The Bertz CT molecular complexity index is 780. The first kappa shape index (κ1) is 17.6. The summed E-state index contributed by atoms with van der Waals surface area (Å²) in [5.41, 5.74) is 1.27. The maximum absolute atomic E-state index is 5.82. The highest BCUT2D eigenvalue weighted by molar-refractivity contribution is 5.49. The van der Waals surface area contributed by atoms with Crippen molar-refractivity contribution in [2.45, 2.75) is 18.6 Å². The Balaban J connectivity index is 1.22. The lowest BCUT2D eigenvalue weighted by Crippen LogP contribution is -2.47. The Morgan fingerprint density at radius 3 is 2.18 bits per heavy atom. The van der Waals surface area contributed by atoms with E-state index in [2.05, 4.69) is 55.2 Å². The van der Waals surface area contributed by atoms with Gasteiger partial charge in [0.15, 0.2) is 11.6 Å². The zero-order valence-corrected chi connectivity index (χ0v) is 16.0. The van der Waals surface area contributed by atoms with Crippen molar-refractivity contribution in [3.05, 3.63) is 36.5 Å². The van der Waals surface area contributed by atoms with Crippen LogP contribution in [0.25, 0.3) is 0 Å². The van der Waals surface area contributed by atoms with Crippen LogP contribution in [0.1, 0.15) is 12.8 Å². The van der Waals surface area contributed by atoms with E-state index in [0.29, 0.717) is 13.2 Å². The first-order valence-corrected chi connectivity index (χ1v) is 10.1. The number of ether oxygens (including phenoxy) is 2. The molecule has 148 valence electrons. The van der Waals surface area contributed by atoms with Crippen LogP contribution in [0, 0.1) is 0 Å². The van der Waals surface area contributed by atoms with Crippen LogP contribution >= 0.6 is 0 Å². The maximum atomic E-state index is 5.82. The minimum atomic E-state index is -0.368. The topological polar surface area (TPSA) is 66.9 Å². The van der Waals surface area contributed by atoms with Crippen molar-refractivity contribution in [3.63, 3.8) is 0 Å². The standard InChI is InChI=1S/C20H26N6O2/c1-2-4-17(5-3-1)24-10-12-26(13-11-24)19-22-18(16-21-23-19)25-8-6-20(7-9-25)27-14-15-28-20/h1-5,16H,6-15H2. The largest absolute Gasteiger partial charge is 0.368 e. The van der Waals surface area contributed by atoms with E-state index in [1.54, 1.807) is 6.20 Å². The molecule has 0 N–H and O–H groups in total. The second kappa shape index (κ2) is 7.52. The Morgan fingerprint density at radius 1 is 0.786 bits per heavy atom. The SMILES string of the molecule is c1ccc(N2CCN(c3nncc(N4CCC5(CC4)OCCO5)n3)CC2)cc1. The molecular formula is C20H26N6O2. The number of para-hydroxylation sites is 1. The number of hydrogen-bond donors (Lipinski definition) is 0. The molecule has 4 heterocycles. The summed E-state index contributed by atoms with van der Waals surface area (Å²) in [5.74, 6) is 1.25. The average molecular weight is 382 g/mol. The van der Waals surface area contributed by atoms with E-state index in [1.165, 1.54) is 5.69 Å². The molecule has 1 aromatic heterocycles. The van der Waals surface area contributed by atoms with Gasteiger partial charge >= 0.3 is 0 Å². The predicted octanol–water partition coefficient (Wildman–Crippen LogP) is 1.54. The van der Waals surface area contributed by atoms with Crippen molar-refractivity contribution in [3.8, 4) is 0 Å². The fraction of sp³-hybridized carbons (Fsp3) is 0.550. The summed E-state index contributed by atoms with van der Waals surface area (Å²) in [7, 11) is 0. The smallest absolute Gasteiger partial charge is 0.247 e. The number of piperidine rings is 1. The number of hydrogen-bond acceptors (Lipinski definition) is 8. The minimum Gasteiger partial charge on any atom is -0.368 e. The molecule has 0 aliphatic carbocycles. The number of rotatable bonds is 3. The summed E-state index contributed by atoms with van der Waals surface area (Å²) >= 11 is 0. The normalized spacial score (nSPS) is 22.1. The lowest BCUT2D eigenvalue weighted by Gasteiger charge is -2.38. The fourth-order valence-corrected chi connectivity index (χ4v) is 4.24. The van der Waals surface area contributed by atoms with Crippen molar-refractivity contribution in [1.29, 1.82) is 0 Å². The Kier molecular flexibility index (Phi) is 4.74. The van der Waals surface area contributed by atoms with Crippen LogP contribution in [0.2, 0.25) is 0 Å². The van der Waals surface area contributed by atoms with E-state index >= 15 is 0 Å². The number of nitrogens with zero attached hydrogens (tertiary/aromatic N) is 6. The van der Waals surface area contributed by atoms with Gasteiger partial charge in [-0.05, 0) is 12.1 Å². The molecule has 1 aromatic carbocycles. The Morgan fingerprint density at radius 2 is 1.46 bits per heavy atom. The second-order valence-electron chi connectivity index (χ2n) is 7.52. The van der Waals surface area contributed by atoms with Crippen LogP contribution < -0.4 is 14.7 Å². The average Bonchev–Trinajstić information content (AvgIpc) is 3.23. The van der Waals surface area contributed by atoms with Gasteiger partial charge < -0.3 is 24.2 Å². The molecule has 3 fully saturated rings. The molecule has 0 unspecified atom stereocenters. The van der Waals surface area contributed by atoms with E-state index in [9.17, 15) is 0 Å². The van der Waals surface area contributed by atoms with E-state index in [-0.39, 0.29) is 5.79 Å². The van der Waals surface area contributed by atoms with Gasteiger partial charge in [0.2, 0.25) is 5.95 Å². The Hall–Kier alpha value is -2.45. The van der Waals surface area contributed by atoms with Gasteiger partial charge in [-0.15, -0.1) is 5.10 Å². The predicted molar refractivity (Wildman–Crippen MR) is 107 cm³/mol. The van der Waals surface area contributed by atoms with Gasteiger partial charge in [-0.2, -0.15) is 10.1 Å². The lowest BCUT2D eigenvalue weighted by molar-refractivity contribution is -0.169. The summed E-state index contributed by atoms with van der Waals surface area (Å²) in [6.45, 7) is 6.83. The third-order valence-corrected chi connectivity index (χ3v) is 5.88. The van der Waals surface area contributed by atoms with E-state index in [1.807, 2.05) is 0 Å². The molecule has 3 aliphatic heterocycles. The molecule has 0 atom stereocenters. The molecule has 2 aromatic rings. The van der Waals surface area contributed by atoms with Crippen molar-refractivity contribution in [1.82, 2.24) is 15.2 Å². The number of benzene rings is 1. The highest BCUT2D eigenvalue weighted by atomic mass is 16.7. The van der Waals surface area contributed by atoms with Gasteiger partial charge in [0.25, 0.3) is 0 Å². The molecule has 8 heteroatoms. The van der Waals surface area contributed by atoms with Crippen LogP contribution in [0.5, 0.6) is 0 Å². The number of aromatic nitrogens is 3. The summed E-state index contributed by atoms with van der Waals surface area (Å²) in [6, 6.07) is 10.5. The molecule has 8 nitrogen and oxygen atoms in total. The minimum absolute atomic E-state index is 0.368. The summed E-state index contributed by atoms with van der Waals surface area (Å²) in [5, 5.41) is 8.53. The maximum Gasteiger partial charge on any atom is 0.247 e. The third kappa shape index (κ3) is 3.49. The first-order valence-electron chi connectivity index (χ1n) is 10.1. The molecule has 3 saturated heterocycles. The molecule has 0 amide bonds. The van der Waals surface area contributed by atoms with E-state index in [0.717, 1.165) is 63.9 Å². The summed E-state index contributed by atoms with van der Waals surface area (Å²) < 4.78 is 11.6. The van der Waals surface area contributed by atoms with Gasteiger partial charge in [-0.1, -0.05) is 18.2 Å². The zero-order chi connectivity index (χ0) is 18.8. The monoisotopic (exact) mass is 382 g/mol. The molecule has 0 bridgehead atoms. The van der Waals surface area contributed by atoms with E-state index < -0.39 is 0 Å². The van der Waals surface area contributed by atoms with Crippen molar-refractivity contribution in [2.75, 3.05) is 67.2 Å². The van der Waals surface area contributed by atoms with Crippen LogP contribution in [0.4, 0.5) is 17.5 Å². The first-order chi connectivity index (χ1) is 13.8. The number of anilines is 3. The summed E-state index contributed by atoms with van der Waals surface area (Å²) in [6.07, 6.45) is 3.49. The quantitative estimate of drug-likeness (QED) is 0.792. The zero-order valence-electron chi connectivity index (χ0n) is 16.0. The van der Waals surface area contributed by atoms with Crippen LogP contribution in [-0.2, 0) is 9.47 Å². The van der Waals surface area contributed by atoms with Gasteiger partial charge in [0.05, 0.1) is 19.4 Å². The van der Waals surface area contributed by atoms with Gasteiger partial charge in [-0.25, -0.2) is 0 Å². The van der Waals surface area contributed by atoms with Gasteiger partial charge in [-0.3, -0.25) is 0 Å². The molecule has 0 radical (unpaired) electrons. The van der Waals surface area contributed by atoms with Crippen molar-refractivity contribution < 1.29 is 9.47 Å².